The van der Waals surface area contributed by atoms with E-state index in [2.05, 4.69) is 31.2 Å². The maximum absolute atomic E-state index is 6.56. The Balaban J connectivity index is 2.24. The minimum absolute atomic E-state index is 0.150. The Hall–Kier alpha value is -1.67. The first kappa shape index (κ1) is 14.7. The molecule has 0 spiro atoms. The minimum Gasteiger partial charge on any atom is -0.493 e. The van der Waals surface area contributed by atoms with E-state index in [0.29, 0.717) is 11.5 Å². The fraction of sp³-hybridized carbons (Fsp3) is 0.294. The normalized spacial score (nSPS) is 12.0. The monoisotopic (exact) mass is 290 g/mol. The van der Waals surface area contributed by atoms with Crippen LogP contribution < -0.4 is 9.47 Å². The van der Waals surface area contributed by atoms with Gasteiger partial charge in [0.15, 0.2) is 11.5 Å². The fourth-order valence-electron chi connectivity index (χ4n) is 2.20. The van der Waals surface area contributed by atoms with Crippen molar-refractivity contribution in [1.29, 1.82) is 0 Å². The summed E-state index contributed by atoms with van der Waals surface area (Å²) >= 11 is 6.56. The lowest BCUT2D eigenvalue weighted by Gasteiger charge is -2.16. The maximum atomic E-state index is 6.56. The molecule has 1 atom stereocenters. The van der Waals surface area contributed by atoms with Crippen LogP contribution in [0.1, 0.15) is 22.1 Å². The number of rotatable bonds is 5. The number of methoxy groups -OCH3 is 2. The molecule has 0 heterocycles. The third kappa shape index (κ3) is 3.26. The molecule has 2 nitrogen and oxygen atoms in total. The SMILES string of the molecule is COc1cccc(C(Cl)Cc2ccc(C)cc2)c1OC. The van der Waals surface area contributed by atoms with Gasteiger partial charge in [0.25, 0.3) is 0 Å². The van der Waals surface area contributed by atoms with Gasteiger partial charge in [-0.25, -0.2) is 0 Å². The van der Waals surface area contributed by atoms with Crippen LogP contribution in [-0.2, 0) is 6.42 Å². The van der Waals surface area contributed by atoms with Gasteiger partial charge in [-0.1, -0.05) is 42.0 Å². The molecule has 0 N–H and O–H groups in total. The number of hydrogen-bond acceptors (Lipinski definition) is 2. The van der Waals surface area contributed by atoms with Crippen molar-refractivity contribution in [3.63, 3.8) is 0 Å². The Labute approximate surface area is 125 Å². The number of benzene rings is 2. The summed E-state index contributed by atoms with van der Waals surface area (Å²) in [6.45, 7) is 2.08. The molecule has 0 aliphatic rings. The summed E-state index contributed by atoms with van der Waals surface area (Å²) in [7, 11) is 3.27. The van der Waals surface area contributed by atoms with Crippen molar-refractivity contribution in [3.8, 4) is 11.5 Å². The highest BCUT2D eigenvalue weighted by molar-refractivity contribution is 6.21. The number of alkyl halides is 1. The van der Waals surface area contributed by atoms with Crippen molar-refractivity contribution in [2.45, 2.75) is 18.7 Å². The van der Waals surface area contributed by atoms with Gasteiger partial charge < -0.3 is 9.47 Å². The number of halogens is 1. The summed E-state index contributed by atoms with van der Waals surface area (Å²) in [4.78, 5) is 0. The summed E-state index contributed by atoms with van der Waals surface area (Å²) in [6.07, 6.45) is 0.755. The van der Waals surface area contributed by atoms with E-state index in [-0.39, 0.29) is 5.38 Å². The largest absolute Gasteiger partial charge is 0.493 e. The molecule has 0 aliphatic heterocycles. The molecule has 3 heteroatoms. The maximum Gasteiger partial charge on any atom is 0.165 e. The zero-order chi connectivity index (χ0) is 14.5. The molecule has 2 aromatic carbocycles. The molecule has 0 radical (unpaired) electrons. The van der Waals surface area contributed by atoms with Crippen LogP contribution in [0.5, 0.6) is 11.5 Å². The van der Waals surface area contributed by atoms with Crippen molar-refractivity contribution in [2.75, 3.05) is 14.2 Å². The standard InChI is InChI=1S/C17H19ClO2/c1-12-7-9-13(10-8-12)11-15(18)14-5-4-6-16(19-2)17(14)20-3/h4-10,15H,11H2,1-3H3. The Morgan fingerprint density at radius 2 is 1.70 bits per heavy atom. The lowest BCUT2D eigenvalue weighted by atomic mass is 10.0. The van der Waals surface area contributed by atoms with E-state index < -0.39 is 0 Å². The predicted molar refractivity (Wildman–Crippen MR) is 83.0 cm³/mol. The van der Waals surface area contributed by atoms with Crippen LogP contribution >= 0.6 is 11.6 Å². The average molecular weight is 291 g/mol. The number of hydrogen-bond donors (Lipinski definition) is 0. The highest BCUT2D eigenvalue weighted by Crippen LogP contribution is 2.38. The topological polar surface area (TPSA) is 18.5 Å². The molecule has 2 aromatic rings. The van der Waals surface area contributed by atoms with Crippen LogP contribution in [0.2, 0.25) is 0 Å². The summed E-state index contributed by atoms with van der Waals surface area (Å²) in [5.41, 5.74) is 3.41. The van der Waals surface area contributed by atoms with Gasteiger partial charge >= 0.3 is 0 Å². The second-order valence-electron chi connectivity index (χ2n) is 4.74. The third-order valence-corrected chi connectivity index (χ3v) is 3.70. The van der Waals surface area contributed by atoms with E-state index >= 15 is 0 Å². The smallest absolute Gasteiger partial charge is 0.165 e. The first-order valence-electron chi connectivity index (χ1n) is 6.56. The number of aryl methyl sites for hydroxylation is 1. The summed E-state index contributed by atoms with van der Waals surface area (Å²) in [6, 6.07) is 14.2. The van der Waals surface area contributed by atoms with Crippen LogP contribution in [-0.4, -0.2) is 14.2 Å². The summed E-state index contributed by atoms with van der Waals surface area (Å²) < 4.78 is 10.7. The van der Waals surface area contributed by atoms with Crippen LogP contribution in [0, 0.1) is 6.92 Å². The Bertz CT molecular complexity index is 564. The Morgan fingerprint density at radius 3 is 2.30 bits per heavy atom. The van der Waals surface area contributed by atoms with Gasteiger partial charge in [0.05, 0.1) is 19.6 Å². The number of para-hydroxylation sites is 1. The van der Waals surface area contributed by atoms with Gasteiger partial charge in [0.1, 0.15) is 0 Å². The molecular weight excluding hydrogens is 272 g/mol. The van der Waals surface area contributed by atoms with Crippen LogP contribution in [0.15, 0.2) is 42.5 Å². The van der Waals surface area contributed by atoms with Gasteiger partial charge in [-0.3, -0.25) is 0 Å². The second-order valence-corrected chi connectivity index (χ2v) is 5.27. The van der Waals surface area contributed by atoms with Crippen molar-refractivity contribution >= 4 is 11.6 Å². The third-order valence-electron chi connectivity index (χ3n) is 3.31. The molecule has 20 heavy (non-hydrogen) atoms. The lowest BCUT2D eigenvalue weighted by Crippen LogP contribution is -2.01. The van der Waals surface area contributed by atoms with E-state index in [4.69, 9.17) is 21.1 Å². The van der Waals surface area contributed by atoms with E-state index in [1.165, 1.54) is 11.1 Å². The molecule has 0 aromatic heterocycles. The van der Waals surface area contributed by atoms with Gasteiger partial charge in [-0.15, -0.1) is 11.6 Å². The molecule has 0 amide bonds. The molecule has 0 saturated carbocycles. The summed E-state index contributed by atoms with van der Waals surface area (Å²) in [5.74, 6) is 1.42. The molecule has 0 bridgehead atoms. The highest BCUT2D eigenvalue weighted by atomic mass is 35.5. The lowest BCUT2D eigenvalue weighted by molar-refractivity contribution is 0.351. The van der Waals surface area contributed by atoms with Crippen molar-refractivity contribution in [3.05, 3.63) is 59.2 Å². The van der Waals surface area contributed by atoms with Gasteiger partial charge in [0.2, 0.25) is 0 Å². The molecule has 0 fully saturated rings. The molecular formula is C17H19ClO2. The fourth-order valence-corrected chi connectivity index (χ4v) is 2.55. The molecule has 1 unspecified atom stereocenters. The molecule has 0 aliphatic carbocycles. The van der Waals surface area contributed by atoms with Gasteiger partial charge in [-0.05, 0) is 25.0 Å². The first-order chi connectivity index (χ1) is 9.65. The number of ether oxygens (including phenoxy) is 2. The average Bonchev–Trinajstić information content (AvgIpc) is 2.48. The van der Waals surface area contributed by atoms with Gasteiger partial charge in [-0.2, -0.15) is 0 Å². The second kappa shape index (κ2) is 6.67. The van der Waals surface area contributed by atoms with Crippen molar-refractivity contribution < 1.29 is 9.47 Å². The van der Waals surface area contributed by atoms with E-state index in [0.717, 1.165) is 12.0 Å². The van der Waals surface area contributed by atoms with Crippen molar-refractivity contribution in [1.82, 2.24) is 0 Å². The summed E-state index contributed by atoms with van der Waals surface area (Å²) in [5, 5.41) is -0.150. The van der Waals surface area contributed by atoms with Crippen LogP contribution in [0.25, 0.3) is 0 Å². The van der Waals surface area contributed by atoms with Crippen molar-refractivity contribution in [2.24, 2.45) is 0 Å². The predicted octanol–water partition coefficient (Wildman–Crippen LogP) is 4.53. The molecule has 106 valence electrons. The molecule has 0 saturated heterocycles. The van der Waals surface area contributed by atoms with E-state index in [1.807, 2.05) is 18.2 Å². The minimum atomic E-state index is -0.150. The first-order valence-corrected chi connectivity index (χ1v) is 7.00. The Kier molecular flexibility index (Phi) is 4.91. The van der Waals surface area contributed by atoms with Crippen LogP contribution in [0.3, 0.4) is 0 Å². The van der Waals surface area contributed by atoms with Gasteiger partial charge in [0, 0.05) is 5.56 Å². The van der Waals surface area contributed by atoms with Crippen LogP contribution in [0.4, 0.5) is 0 Å². The highest BCUT2D eigenvalue weighted by Gasteiger charge is 2.17. The quantitative estimate of drug-likeness (QED) is 0.753. The Morgan fingerprint density at radius 1 is 1.00 bits per heavy atom. The molecule has 2 rings (SSSR count). The zero-order valence-electron chi connectivity index (χ0n) is 12.0. The van der Waals surface area contributed by atoms with E-state index in [9.17, 15) is 0 Å². The van der Waals surface area contributed by atoms with E-state index in [1.54, 1.807) is 14.2 Å². The zero-order valence-corrected chi connectivity index (χ0v) is 12.8.